The summed E-state index contributed by atoms with van der Waals surface area (Å²) >= 11 is 0. The van der Waals surface area contributed by atoms with Gasteiger partial charge >= 0.3 is 0 Å². The fourth-order valence-corrected chi connectivity index (χ4v) is 3.91. The molecule has 28 heavy (non-hydrogen) atoms. The van der Waals surface area contributed by atoms with Gasteiger partial charge in [-0.1, -0.05) is 36.2 Å². The summed E-state index contributed by atoms with van der Waals surface area (Å²) in [5.41, 5.74) is 3.32. The van der Waals surface area contributed by atoms with Gasteiger partial charge in [-0.05, 0) is 25.0 Å². The molecule has 1 aromatic carbocycles. The molecule has 0 spiro atoms. The number of rotatable bonds is 5. The van der Waals surface area contributed by atoms with Crippen LogP contribution < -0.4 is 4.74 Å². The first kappa shape index (κ1) is 16.9. The maximum Gasteiger partial charge on any atom is 0.257 e. The van der Waals surface area contributed by atoms with Crippen LogP contribution in [0.4, 0.5) is 0 Å². The first-order valence-corrected chi connectivity index (χ1v) is 9.52. The van der Waals surface area contributed by atoms with Gasteiger partial charge in [-0.25, -0.2) is 4.98 Å². The van der Waals surface area contributed by atoms with Crippen molar-refractivity contribution in [3.8, 4) is 17.2 Å². The lowest BCUT2D eigenvalue weighted by atomic mass is 10.0. The van der Waals surface area contributed by atoms with Gasteiger partial charge in [0.1, 0.15) is 5.75 Å². The lowest BCUT2D eigenvalue weighted by Gasteiger charge is -2.05. The Labute approximate surface area is 161 Å². The van der Waals surface area contributed by atoms with Gasteiger partial charge in [0.15, 0.2) is 0 Å². The van der Waals surface area contributed by atoms with E-state index in [1.165, 1.54) is 12.8 Å². The van der Waals surface area contributed by atoms with Crippen molar-refractivity contribution in [2.45, 2.75) is 38.0 Å². The number of pyridine rings is 1. The molecule has 5 rings (SSSR count). The summed E-state index contributed by atoms with van der Waals surface area (Å²) in [6.07, 6.45) is 6.97. The Bertz CT molecular complexity index is 1110. The second-order valence-electron chi connectivity index (χ2n) is 7.12. The normalized spacial score (nSPS) is 14.8. The van der Waals surface area contributed by atoms with Crippen molar-refractivity contribution in [2.75, 3.05) is 7.11 Å². The molecule has 0 N–H and O–H groups in total. The smallest absolute Gasteiger partial charge is 0.257 e. The molecule has 0 saturated heterocycles. The molecule has 0 atom stereocenters. The largest absolute Gasteiger partial charge is 0.496 e. The van der Waals surface area contributed by atoms with Crippen molar-refractivity contribution in [1.29, 1.82) is 0 Å². The predicted molar refractivity (Wildman–Crippen MR) is 102 cm³/mol. The number of fused-ring (bicyclic) bond motifs is 1. The van der Waals surface area contributed by atoms with E-state index in [1.54, 1.807) is 13.3 Å². The molecule has 4 aromatic rings. The average molecular weight is 376 g/mol. The Morgan fingerprint density at radius 1 is 1.14 bits per heavy atom. The minimum absolute atomic E-state index is 0.442. The van der Waals surface area contributed by atoms with Crippen LogP contribution in [-0.4, -0.2) is 27.4 Å². The maximum atomic E-state index is 5.90. The van der Waals surface area contributed by atoms with Gasteiger partial charge in [-0.2, -0.15) is 0 Å². The van der Waals surface area contributed by atoms with Crippen LogP contribution in [0.15, 0.2) is 45.5 Å². The first-order valence-electron chi connectivity index (χ1n) is 9.52. The van der Waals surface area contributed by atoms with E-state index in [0.29, 0.717) is 29.8 Å². The fraction of sp³-hybridized carbons (Fsp3) is 0.333. The number of aromatic nitrogens is 4. The van der Waals surface area contributed by atoms with Crippen molar-refractivity contribution in [3.05, 3.63) is 53.7 Å². The highest BCUT2D eigenvalue weighted by molar-refractivity contribution is 5.80. The third-order valence-electron chi connectivity index (χ3n) is 5.35. The third-order valence-corrected chi connectivity index (χ3v) is 5.35. The molecule has 0 bridgehead atoms. The predicted octanol–water partition coefficient (Wildman–Crippen LogP) is 4.53. The molecule has 1 aliphatic rings. The summed E-state index contributed by atoms with van der Waals surface area (Å²) < 4.78 is 16.7. The van der Waals surface area contributed by atoms with E-state index in [1.807, 2.05) is 30.3 Å². The number of hydrogen-bond donors (Lipinski definition) is 0. The minimum atomic E-state index is 0.442. The standard InChI is InChI=1S/C21H20N4O3/c1-26-17-9-5-4-8-14(17)11-18-23-24-20(27-18)15-10-16-19(13-6-2-3-7-13)25-28-21(16)22-12-15/h4-5,8-10,12-13H,2-3,6-7,11H2,1H3. The summed E-state index contributed by atoms with van der Waals surface area (Å²) in [6.45, 7) is 0. The highest BCUT2D eigenvalue weighted by Crippen LogP contribution is 2.37. The molecule has 3 aromatic heterocycles. The van der Waals surface area contributed by atoms with Gasteiger partial charge < -0.3 is 13.7 Å². The Kier molecular flexibility index (Phi) is 4.27. The second kappa shape index (κ2) is 7.07. The molecule has 0 unspecified atom stereocenters. The van der Waals surface area contributed by atoms with Crippen LogP contribution in [0.2, 0.25) is 0 Å². The molecule has 1 aliphatic carbocycles. The number of nitrogens with zero attached hydrogens (tertiary/aromatic N) is 4. The quantitative estimate of drug-likeness (QED) is 0.506. The zero-order valence-corrected chi connectivity index (χ0v) is 15.6. The number of benzene rings is 1. The zero-order chi connectivity index (χ0) is 18.9. The van der Waals surface area contributed by atoms with Crippen LogP contribution >= 0.6 is 0 Å². The molecule has 0 aliphatic heterocycles. The summed E-state index contributed by atoms with van der Waals surface area (Å²) in [4.78, 5) is 4.39. The molecule has 1 fully saturated rings. The lowest BCUT2D eigenvalue weighted by molar-refractivity contribution is 0.408. The van der Waals surface area contributed by atoms with Crippen LogP contribution in [0.25, 0.3) is 22.6 Å². The van der Waals surface area contributed by atoms with E-state index in [9.17, 15) is 0 Å². The van der Waals surface area contributed by atoms with Gasteiger partial charge in [0.05, 0.1) is 30.2 Å². The number of methoxy groups -OCH3 is 1. The molecule has 0 radical (unpaired) electrons. The Morgan fingerprint density at radius 3 is 2.86 bits per heavy atom. The molecule has 1 saturated carbocycles. The van der Waals surface area contributed by atoms with E-state index in [4.69, 9.17) is 13.7 Å². The van der Waals surface area contributed by atoms with Crippen LogP contribution in [0.5, 0.6) is 5.75 Å². The van der Waals surface area contributed by atoms with E-state index < -0.39 is 0 Å². The second-order valence-corrected chi connectivity index (χ2v) is 7.12. The maximum absolute atomic E-state index is 5.90. The van der Waals surface area contributed by atoms with Crippen molar-refractivity contribution in [2.24, 2.45) is 0 Å². The Morgan fingerprint density at radius 2 is 2.00 bits per heavy atom. The van der Waals surface area contributed by atoms with Crippen LogP contribution in [0.3, 0.4) is 0 Å². The average Bonchev–Trinajstić information content (AvgIpc) is 3.48. The van der Waals surface area contributed by atoms with Gasteiger partial charge in [0.2, 0.25) is 11.8 Å². The number of para-hydroxylation sites is 1. The Hall–Kier alpha value is -3.22. The molecule has 7 heteroatoms. The molecular weight excluding hydrogens is 356 g/mol. The monoisotopic (exact) mass is 376 g/mol. The SMILES string of the molecule is COc1ccccc1Cc1nnc(-c2cnc3onc(C4CCCC4)c3c2)o1. The molecular formula is C21H20N4O3. The van der Waals surface area contributed by atoms with Crippen LogP contribution in [0, 0.1) is 0 Å². The topological polar surface area (TPSA) is 87.1 Å². The minimum Gasteiger partial charge on any atom is -0.496 e. The molecule has 7 nitrogen and oxygen atoms in total. The highest BCUT2D eigenvalue weighted by atomic mass is 16.5. The summed E-state index contributed by atoms with van der Waals surface area (Å²) in [6, 6.07) is 9.79. The number of ether oxygens (including phenoxy) is 1. The molecule has 142 valence electrons. The zero-order valence-electron chi connectivity index (χ0n) is 15.6. The van der Waals surface area contributed by atoms with Crippen molar-refractivity contribution in [1.82, 2.24) is 20.3 Å². The van der Waals surface area contributed by atoms with Crippen LogP contribution in [-0.2, 0) is 6.42 Å². The third kappa shape index (κ3) is 3.02. The van der Waals surface area contributed by atoms with Crippen molar-refractivity contribution >= 4 is 11.1 Å². The molecule has 3 heterocycles. The summed E-state index contributed by atoms with van der Waals surface area (Å²) in [5, 5.41) is 13.6. The molecule has 0 amide bonds. The van der Waals surface area contributed by atoms with Gasteiger partial charge in [0.25, 0.3) is 5.71 Å². The van der Waals surface area contributed by atoms with Crippen LogP contribution in [0.1, 0.15) is 48.7 Å². The summed E-state index contributed by atoms with van der Waals surface area (Å²) in [7, 11) is 1.65. The van der Waals surface area contributed by atoms with Gasteiger partial charge in [0, 0.05) is 17.7 Å². The van der Waals surface area contributed by atoms with Crippen molar-refractivity contribution in [3.63, 3.8) is 0 Å². The number of hydrogen-bond acceptors (Lipinski definition) is 7. The Balaban J connectivity index is 1.45. The van der Waals surface area contributed by atoms with E-state index in [-0.39, 0.29) is 0 Å². The van der Waals surface area contributed by atoms with Gasteiger partial charge in [-0.3, -0.25) is 0 Å². The van der Waals surface area contributed by atoms with E-state index >= 15 is 0 Å². The van der Waals surface area contributed by atoms with E-state index in [2.05, 4.69) is 20.3 Å². The highest BCUT2D eigenvalue weighted by Gasteiger charge is 2.24. The lowest BCUT2D eigenvalue weighted by Crippen LogP contribution is -1.93. The summed E-state index contributed by atoms with van der Waals surface area (Å²) in [5.74, 6) is 2.22. The first-order chi connectivity index (χ1) is 13.8. The van der Waals surface area contributed by atoms with Crippen molar-refractivity contribution < 1.29 is 13.7 Å². The van der Waals surface area contributed by atoms with E-state index in [0.717, 1.165) is 40.8 Å². The van der Waals surface area contributed by atoms with Gasteiger partial charge in [-0.15, -0.1) is 10.2 Å². The fourth-order valence-electron chi connectivity index (χ4n) is 3.91.